The molecule has 1 fully saturated rings. The van der Waals surface area contributed by atoms with Gasteiger partial charge in [-0.05, 0) is 47.2 Å². The number of aliphatic imine (C=N–C) groups is 1. The largest absolute Gasteiger partial charge is 0.545 e. The Morgan fingerprint density at radius 3 is 2.71 bits per heavy atom. The maximum atomic E-state index is 12.5. The molecule has 8 nitrogen and oxygen atoms in total. The molecule has 1 saturated heterocycles. The predicted octanol–water partition coefficient (Wildman–Crippen LogP) is 2.85. The molecule has 0 radical (unpaired) electrons. The van der Waals surface area contributed by atoms with Crippen LogP contribution in [0.15, 0.2) is 52.4 Å². The lowest BCUT2D eigenvalue weighted by Gasteiger charge is -2.08. The van der Waals surface area contributed by atoms with Crippen LogP contribution in [0.1, 0.15) is 15.9 Å². The van der Waals surface area contributed by atoms with Crippen molar-refractivity contribution in [3.8, 4) is 0 Å². The van der Waals surface area contributed by atoms with Crippen molar-refractivity contribution < 1.29 is 19.6 Å². The minimum Gasteiger partial charge on any atom is -0.545 e. The quantitative estimate of drug-likeness (QED) is 0.430. The number of rotatable bonds is 4. The molecule has 2 aromatic carbocycles. The monoisotopic (exact) mass is 416 g/mol. The van der Waals surface area contributed by atoms with Gasteiger partial charge in [0.25, 0.3) is 11.6 Å². The highest BCUT2D eigenvalue weighted by molar-refractivity contribution is 8.18. The molecule has 3 rings (SSSR count). The number of halogens is 1. The van der Waals surface area contributed by atoms with E-state index >= 15 is 0 Å². The van der Waals surface area contributed by atoms with Crippen LogP contribution in [-0.4, -0.2) is 33.9 Å². The van der Waals surface area contributed by atoms with E-state index in [-0.39, 0.29) is 22.2 Å². The second-order valence-electron chi connectivity index (χ2n) is 5.67. The number of amidine groups is 1. The number of amides is 1. The first-order chi connectivity index (χ1) is 13.3. The van der Waals surface area contributed by atoms with E-state index in [0.29, 0.717) is 21.3 Å². The van der Waals surface area contributed by atoms with Gasteiger partial charge in [0.1, 0.15) is 5.02 Å². The van der Waals surface area contributed by atoms with Crippen molar-refractivity contribution in [3.05, 3.63) is 73.6 Å². The Morgan fingerprint density at radius 1 is 1.29 bits per heavy atom. The molecule has 1 aliphatic heterocycles. The summed E-state index contributed by atoms with van der Waals surface area (Å²) in [7, 11) is 1.53. The summed E-state index contributed by atoms with van der Waals surface area (Å²) >= 11 is 6.87. The van der Waals surface area contributed by atoms with E-state index in [1.807, 2.05) is 0 Å². The van der Waals surface area contributed by atoms with Crippen molar-refractivity contribution in [1.82, 2.24) is 4.90 Å². The van der Waals surface area contributed by atoms with Gasteiger partial charge in [-0.1, -0.05) is 29.8 Å². The third-order valence-corrected chi connectivity index (χ3v) is 5.15. The molecule has 0 aromatic heterocycles. The number of nitro groups is 1. The van der Waals surface area contributed by atoms with Crippen LogP contribution < -0.4 is 5.11 Å². The molecule has 1 heterocycles. The maximum absolute atomic E-state index is 12.5. The lowest BCUT2D eigenvalue weighted by atomic mass is 10.2. The number of carboxylic acids is 1. The van der Waals surface area contributed by atoms with Gasteiger partial charge in [-0.25, -0.2) is 4.99 Å². The number of likely N-dealkylation sites (N-methyl/N-ethyl adjacent to an activating group) is 1. The van der Waals surface area contributed by atoms with Crippen LogP contribution in [-0.2, 0) is 4.79 Å². The number of carbonyl (C=O) groups is 2. The summed E-state index contributed by atoms with van der Waals surface area (Å²) in [6.07, 6.45) is 1.51. The number of hydrogen-bond acceptors (Lipinski definition) is 7. The standard InChI is InChI=1S/C18H12ClN3O5S/c1-21-16(23)15(8-10-5-6-13(19)14(7-10)22(26)27)28-18(21)20-12-4-2-3-11(9-12)17(24)25/h2-9H,1H3,(H,24,25)/p-1/b15-8+,20-18?. The Kier molecular flexibility index (Phi) is 5.48. The molecule has 0 N–H and O–H groups in total. The van der Waals surface area contributed by atoms with Crippen LogP contribution in [0.2, 0.25) is 5.02 Å². The second-order valence-corrected chi connectivity index (χ2v) is 7.09. The third kappa shape index (κ3) is 4.05. The van der Waals surface area contributed by atoms with Gasteiger partial charge in [-0.3, -0.25) is 19.8 Å². The zero-order chi connectivity index (χ0) is 20.4. The van der Waals surface area contributed by atoms with Crippen LogP contribution in [0, 0.1) is 10.1 Å². The molecule has 0 unspecified atom stereocenters. The first-order valence-electron chi connectivity index (χ1n) is 7.78. The summed E-state index contributed by atoms with van der Waals surface area (Å²) in [5.74, 6) is -1.66. The summed E-state index contributed by atoms with van der Waals surface area (Å²) in [6, 6.07) is 10.1. The molecule has 0 aliphatic carbocycles. The molecule has 1 aliphatic rings. The molecule has 1 amide bonds. The van der Waals surface area contributed by atoms with Crippen LogP contribution in [0.5, 0.6) is 0 Å². The van der Waals surface area contributed by atoms with Crippen molar-refractivity contribution in [3.63, 3.8) is 0 Å². The summed E-state index contributed by atoms with van der Waals surface area (Å²) < 4.78 is 0. The van der Waals surface area contributed by atoms with E-state index in [1.54, 1.807) is 12.1 Å². The molecular weight excluding hydrogens is 406 g/mol. The highest BCUT2D eigenvalue weighted by Gasteiger charge is 2.30. The van der Waals surface area contributed by atoms with Gasteiger partial charge in [0.05, 0.1) is 21.5 Å². The van der Waals surface area contributed by atoms with Crippen molar-refractivity contribution >= 4 is 57.9 Å². The lowest BCUT2D eigenvalue weighted by Crippen LogP contribution is -2.23. The van der Waals surface area contributed by atoms with E-state index in [2.05, 4.69) is 4.99 Å². The molecule has 0 atom stereocenters. The van der Waals surface area contributed by atoms with E-state index < -0.39 is 10.9 Å². The molecule has 0 bridgehead atoms. The Balaban J connectivity index is 1.92. The first kappa shape index (κ1) is 19.6. The van der Waals surface area contributed by atoms with Crippen LogP contribution in [0.3, 0.4) is 0 Å². The Morgan fingerprint density at radius 2 is 2.04 bits per heavy atom. The van der Waals surface area contributed by atoms with E-state index in [9.17, 15) is 24.8 Å². The van der Waals surface area contributed by atoms with Crippen LogP contribution in [0.25, 0.3) is 6.08 Å². The van der Waals surface area contributed by atoms with Gasteiger partial charge in [0.2, 0.25) is 0 Å². The summed E-state index contributed by atoms with van der Waals surface area (Å²) in [5.41, 5.74) is 0.517. The maximum Gasteiger partial charge on any atom is 0.288 e. The zero-order valence-corrected chi connectivity index (χ0v) is 15.9. The number of thioether (sulfide) groups is 1. The van der Waals surface area contributed by atoms with Gasteiger partial charge >= 0.3 is 0 Å². The second kappa shape index (κ2) is 7.83. The topological polar surface area (TPSA) is 116 Å². The molecule has 0 spiro atoms. The minimum absolute atomic E-state index is 0.00437. The van der Waals surface area contributed by atoms with E-state index in [4.69, 9.17) is 11.6 Å². The lowest BCUT2D eigenvalue weighted by molar-refractivity contribution is -0.384. The van der Waals surface area contributed by atoms with E-state index in [0.717, 1.165) is 11.8 Å². The van der Waals surface area contributed by atoms with Crippen LogP contribution >= 0.6 is 23.4 Å². The van der Waals surface area contributed by atoms with Crippen molar-refractivity contribution in [2.75, 3.05) is 7.05 Å². The number of hydrogen-bond donors (Lipinski definition) is 0. The average molecular weight is 417 g/mol. The van der Waals surface area contributed by atoms with Crippen LogP contribution in [0.4, 0.5) is 11.4 Å². The fourth-order valence-corrected chi connectivity index (χ4v) is 3.55. The van der Waals surface area contributed by atoms with Gasteiger partial charge in [0, 0.05) is 13.1 Å². The number of carbonyl (C=O) groups excluding carboxylic acids is 2. The van der Waals surface area contributed by atoms with Crippen molar-refractivity contribution in [2.24, 2.45) is 4.99 Å². The summed E-state index contributed by atoms with van der Waals surface area (Å²) in [4.78, 5) is 39.8. The highest BCUT2D eigenvalue weighted by atomic mass is 35.5. The van der Waals surface area contributed by atoms with Gasteiger partial charge in [0.15, 0.2) is 5.17 Å². The SMILES string of the molecule is CN1C(=O)/C(=C\c2ccc(Cl)c([N+](=O)[O-])c2)SC1=Nc1cccc(C(=O)[O-])c1. The normalized spacial score (nSPS) is 16.8. The number of carboxylic acid groups (broad SMARTS) is 1. The number of nitro benzene ring substituents is 1. The predicted molar refractivity (Wildman–Crippen MR) is 104 cm³/mol. The smallest absolute Gasteiger partial charge is 0.288 e. The highest BCUT2D eigenvalue weighted by Crippen LogP contribution is 2.34. The summed E-state index contributed by atoms with van der Waals surface area (Å²) in [6.45, 7) is 0. The van der Waals surface area contributed by atoms with Gasteiger partial charge in [-0.2, -0.15) is 0 Å². The number of benzene rings is 2. The number of nitrogens with zero attached hydrogens (tertiary/aromatic N) is 3. The zero-order valence-electron chi connectivity index (χ0n) is 14.3. The molecule has 28 heavy (non-hydrogen) atoms. The third-order valence-electron chi connectivity index (χ3n) is 3.77. The van der Waals surface area contributed by atoms with Gasteiger partial charge in [-0.15, -0.1) is 0 Å². The molecule has 2 aromatic rings. The van der Waals surface area contributed by atoms with Gasteiger partial charge < -0.3 is 9.90 Å². The van der Waals surface area contributed by atoms with Crippen molar-refractivity contribution in [2.45, 2.75) is 0 Å². The average Bonchev–Trinajstić information content (AvgIpc) is 2.91. The Bertz CT molecular complexity index is 1070. The molecule has 0 saturated carbocycles. The molecule has 142 valence electrons. The Hall–Kier alpha value is -3.17. The fraction of sp³-hybridized carbons (Fsp3) is 0.0556. The summed E-state index contributed by atoms with van der Waals surface area (Å²) in [5, 5.41) is 22.3. The van der Waals surface area contributed by atoms with E-state index in [1.165, 1.54) is 48.4 Å². The first-order valence-corrected chi connectivity index (χ1v) is 8.97. The fourth-order valence-electron chi connectivity index (χ4n) is 2.38. The minimum atomic E-state index is -1.32. The van der Waals surface area contributed by atoms with Crippen molar-refractivity contribution in [1.29, 1.82) is 0 Å². The number of aromatic carboxylic acids is 1. The Labute approximate surface area is 168 Å². The molecular formula is C18H11ClN3O5S-. The molecule has 10 heteroatoms.